The van der Waals surface area contributed by atoms with Gasteiger partial charge in [-0.1, -0.05) is 12.2 Å². The van der Waals surface area contributed by atoms with Crippen molar-refractivity contribution in [3.63, 3.8) is 0 Å². The molecular weight excluding hydrogens is 318 g/mol. The van der Waals surface area contributed by atoms with E-state index in [1.165, 1.54) is 0 Å². The Morgan fingerprint density at radius 1 is 1.32 bits per heavy atom. The van der Waals surface area contributed by atoms with Gasteiger partial charge in [0.15, 0.2) is 0 Å². The fourth-order valence-corrected chi connectivity index (χ4v) is 4.26. The molecule has 1 aliphatic carbocycles. The van der Waals surface area contributed by atoms with E-state index in [-0.39, 0.29) is 30.1 Å². The van der Waals surface area contributed by atoms with E-state index in [1.807, 2.05) is 16.9 Å². The molecule has 3 aliphatic rings. The van der Waals surface area contributed by atoms with Crippen molar-refractivity contribution in [2.45, 2.75) is 56.9 Å². The molecule has 2 fully saturated rings. The third kappa shape index (κ3) is 3.65. The predicted molar refractivity (Wildman–Crippen MR) is 92.9 cm³/mol. The predicted octanol–water partition coefficient (Wildman–Crippen LogP) is 2.01. The molecule has 1 amide bonds. The van der Waals surface area contributed by atoms with E-state index < -0.39 is 0 Å². The number of aryl methyl sites for hydroxylation is 1. The number of rotatable bonds is 6. The number of allylic oxidation sites excluding steroid dienone is 2. The largest absolute Gasteiger partial charge is 0.374 e. The molecule has 1 aromatic heterocycles. The number of fused-ring (bicyclic) bond motifs is 1. The summed E-state index contributed by atoms with van der Waals surface area (Å²) >= 11 is 0. The number of aromatic nitrogens is 2. The van der Waals surface area contributed by atoms with Gasteiger partial charge in [0, 0.05) is 44.6 Å². The van der Waals surface area contributed by atoms with Gasteiger partial charge in [0.2, 0.25) is 5.91 Å². The van der Waals surface area contributed by atoms with Crippen LogP contribution in [0.4, 0.5) is 0 Å². The summed E-state index contributed by atoms with van der Waals surface area (Å²) in [5, 5.41) is 4.21. The fraction of sp³-hybridized carbons (Fsp3) is 0.684. The van der Waals surface area contributed by atoms with Crippen molar-refractivity contribution in [2.75, 3.05) is 19.8 Å². The Labute approximate surface area is 148 Å². The normalized spacial score (nSPS) is 29.3. The number of hydrogen-bond acceptors (Lipinski definition) is 4. The number of likely N-dealkylation sites (tertiary alicyclic amines) is 1. The number of carbonyl (C=O) groups is 1. The molecule has 0 aromatic carbocycles. The number of hydrogen-bond donors (Lipinski definition) is 0. The molecule has 0 bridgehead atoms. The van der Waals surface area contributed by atoms with Crippen molar-refractivity contribution in [1.82, 2.24) is 14.7 Å². The second-order valence-electron chi connectivity index (χ2n) is 7.21. The Hall–Kier alpha value is -1.66. The van der Waals surface area contributed by atoms with Crippen LogP contribution in [-0.4, -0.2) is 58.6 Å². The Morgan fingerprint density at radius 2 is 2.20 bits per heavy atom. The van der Waals surface area contributed by atoms with Crippen LogP contribution in [0.2, 0.25) is 0 Å². The van der Waals surface area contributed by atoms with E-state index in [0.29, 0.717) is 13.2 Å². The molecule has 0 radical (unpaired) electrons. The van der Waals surface area contributed by atoms with E-state index >= 15 is 0 Å². The second kappa shape index (κ2) is 7.70. The lowest BCUT2D eigenvalue weighted by Gasteiger charge is -2.33. The molecule has 4 rings (SSSR count). The van der Waals surface area contributed by atoms with Crippen LogP contribution in [0.3, 0.4) is 0 Å². The van der Waals surface area contributed by atoms with Crippen molar-refractivity contribution in [2.24, 2.45) is 5.92 Å². The summed E-state index contributed by atoms with van der Waals surface area (Å²) in [5.74, 6) is 0.411. The molecule has 6 nitrogen and oxygen atoms in total. The topological polar surface area (TPSA) is 56.6 Å². The Bertz CT molecular complexity index is 593. The zero-order valence-corrected chi connectivity index (χ0v) is 14.6. The standard InChI is InChI=1S/C19H27N3O3/c23-19(15-6-1-2-7-15)22-14-17(18-16(22)8-3-12-25-18)24-13-5-11-21-10-4-9-20-21/h1-2,4,9-10,15-18H,3,5-8,11-14H2/t16-,17-,18+/m1/s1. The van der Waals surface area contributed by atoms with E-state index in [4.69, 9.17) is 9.47 Å². The third-order valence-corrected chi connectivity index (χ3v) is 5.54. The number of carbonyl (C=O) groups excluding carboxylic acids is 1. The molecule has 2 aliphatic heterocycles. The van der Waals surface area contributed by atoms with Crippen LogP contribution in [0, 0.1) is 5.92 Å². The summed E-state index contributed by atoms with van der Waals surface area (Å²) in [6.07, 6.45) is 12.8. The molecule has 0 N–H and O–H groups in total. The highest BCUT2D eigenvalue weighted by Gasteiger charge is 2.47. The maximum absolute atomic E-state index is 12.9. The van der Waals surface area contributed by atoms with Crippen LogP contribution >= 0.6 is 0 Å². The first-order valence-electron chi connectivity index (χ1n) is 9.49. The Kier molecular flexibility index (Phi) is 5.17. The first-order chi connectivity index (χ1) is 12.3. The third-order valence-electron chi connectivity index (χ3n) is 5.54. The molecule has 2 saturated heterocycles. The minimum Gasteiger partial charge on any atom is -0.374 e. The molecule has 136 valence electrons. The maximum Gasteiger partial charge on any atom is 0.226 e. The summed E-state index contributed by atoms with van der Waals surface area (Å²) in [5.41, 5.74) is 0. The van der Waals surface area contributed by atoms with Gasteiger partial charge >= 0.3 is 0 Å². The molecule has 3 atom stereocenters. The lowest BCUT2D eigenvalue weighted by Crippen LogP contribution is -2.45. The molecular formula is C19H27N3O3. The van der Waals surface area contributed by atoms with Crippen molar-refractivity contribution in [1.29, 1.82) is 0 Å². The molecule has 0 saturated carbocycles. The molecule has 1 aromatic rings. The maximum atomic E-state index is 12.9. The van der Waals surface area contributed by atoms with Crippen LogP contribution in [0.25, 0.3) is 0 Å². The SMILES string of the molecule is O=C(C1CC=CC1)N1C[C@@H](OCCCn2cccn2)[C@H]2OCCC[C@H]21. The lowest BCUT2D eigenvalue weighted by atomic mass is 10.0. The van der Waals surface area contributed by atoms with Gasteiger partial charge in [-0.2, -0.15) is 5.10 Å². The van der Waals surface area contributed by atoms with Gasteiger partial charge < -0.3 is 14.4 Å². The average molecular weight is 345 g/mol. The van der Waals surface area contributed by atoms with E-state index in [2.05, 4.69) is 22.2 Å². The first-order valence-corrected chi connectivity index (χ1v) is 9.49. The highest BCUT2D eigenvalue weighted by molar-refractivity contribution is 5.80. The average Bonchev–Trinajstić information content (AvgIpc) is 3.39. The Morgan fingerprint density at radius 3 is 3.00 bits per heavy atom. The van der Waals surface area contributed by atoms with Crippen LogP contribution < -0.4 is 0 Å². The van der Waals surface area contributed by atoms with E-state index in [9.17, 15) is 4.79 Å². The van der Waals surface area contributed by atoms with E-state index in [0.717, 1.165) is 45.3 Å². The molecule has 0 spiro atoms. The quantitative estimate of drug-likeness (QED) is 0.585. The van der Waals surface area contributed by atoms with Gasteiger partial charge in [0.05, 0.1) is 6.04 Å². The van der Waals surface area contributed by atoms with Gasteiger partial charge in [-0.25, -0.2) is 0 Å². The summed E-state index contributed by atoms with van der Waals surface area (Å²) in [6, 6.07) is 2.12. The zero-order valence-electron chi connectivity index (χ0n) is 14.6. The van der Waals surface area contributed by atoms with E-state index in [1.54, 1.807) is 6.20 Å². The van der Waals surface area contributed by atoms with Crippen LogP contribution in [0.1, 0.15) is 32.1 Å². The van der Waals surface area contributed by atoms with Crippen molar-refractivity contribution < 1.29 is 14.3 Å². The van der Waals surface area contributed by atoms with Crippen LogP contribution in [0.5, 0.6) is 0 Å². The summed E-state index contributed by atoms with van der Waals surface area (Å²) < 4.78 is 14.1. The number of amides is 1. The lowest BCUT2D eigenvalue weighted by molar-refractivity contribution is -0.138. The first kappa shape index (κ1) is 16.8. The van der Waals surface area contributed by atoms with Crippen molar-refractivity contribution in [3.05, 3.63) is 30.6 Å². The molecule has 3 heterocycles. The zero-order chi connectivity index (χ0) is 17.1. The van der Waals surface area contributed by atoms with Crippen LogP contribution in [0.15, 0.2) is 30.6 Å². The monoisotopic (exact) mass is 345 g/mol. The summed E-state index contributed by atoms with van der Waals surface area (Å²) in [4.78, 5) is 15.0. The van der Waals surface area contributed by atoms with Gasteiger partial charge in [-0.15, -0.1) is 0 Å². The van der Waals surface area contributed by atoms with Crippen molar-refractivity contribution in [3.8, 4) is 0 Å². The van der Waals surface area contributed by atoms with Crippen molar-refractivity contribution >= 4 is 5.91 Å². The van der Waals surface area contributed by atoms with Gasteiger partial charge in [0.1, 0.15) is 12.2 Å². The number of nitrogens with zero attached hydrogens (tertiary/aromatic N) is 3. The summed E-state index contributed by atoms with van der Waals surface area (Å²) in [7, 11) is 0. The van der Waals surface area contributed by atoms with Gasteiger partial charge in [-0.3, -0.25) is 9.48 Å². The highest BCUT2D eigenvalue weighted by Crippen LogP contribution is 2.33. The minimum absolute atomic E-state index is 0.00114. The summed E-state index contributed by atoms with van der Waals surface area (Å²) in [6.45, 7) is 2.98. The number of ether oxygens (including phenoxy) is 2. The fourth-order valence-electron chi connectivity index (χ4n) is 4.26. The minimum atomic E-state index is 0.00114. The molecule has 25 heavy (non-hydrogen) atoms. The van der Waals surface area contributed by atoms with Gasteiger partial charge in [0.25, 0.3) is 0 Å². The second-order valence-corrected chi connectivity index (χ2v) is 7.21. The highest BCUT2D eigenvalue weighted by atomic mass is 16.5. The molecule has 6 heteroatoms. The Balaban J connectivity index is 1.32. The van der Waals surface area contributed by atoms with Gasteiger partial charge in [-0.05, 0) is 38.2 Å². The molecule has 0 unspecified atom stereocenters. The van der Waals surface area contributed by atoms with Crippen LogP contribution in [-0.2, 0) is 20.8 Å². The smallest absolute Gasteiger partial charge is 0.226 e.